The minimum absolute atomic E-state index is 0.256. The number of halogens is 3. The molecule has 2 atom stereocenters. The van der Waals surface area contributed by atoms with Crippen LogP contribution in [0.4, 0.5) is 8.78 Å². The Morgan fingerprint density at radius 3 is 2.79 bits per heavy atom. The second-order valence-electron chi connectivity index (χ2n) is 4.07. The van der Waals surface area contributed by atoms with E-state index in [-0.39, 0.29) is 11.3 Å². The molecule has 1 aliphatic carbocycles. The molecule has 0 radical (unpaired) electrons. The number of alkyl halides is 1. The van der Waals surface area contributed by atoms with Crippen LogP contribution in [0.1, 0.15) is 18.9 Å². The molecule has 14 heavy (non-hydrogen) atoms. The zero-order chi connectivity index (χ0) is 10.3. The molecule has 1 aromatic carbocycles. The summed E-state index contributed by atoms with van der Waals surface area (Å²) in [6, 6.07) is 4.33. The molecule has 0 nitrogen and oxygen atoms in total. The van der Waals surface area contributed by atoms with Crippen LogP contribution in [0.15, 0.2) is 18.2 Å². The molecule has 0 amide bonds. The predicted octanol–water partition coefficient (Wildman–Crippen LogP) is 3.48. The van der Waals surface area contributed by atoms with Gasteiger partial charge in [0.05, 0.1) is 0 Å². The lowest BCUT2D eigenvalue weighted by molar-refractivity contribution is 0.484. The van der Waals surface area contributed by atoms with Crippen LogP contribution in [0.3, 0.4) is 0 Å². The van der Waals surface area contributed by atoms with E-state index in [0.717, 1.165) is 12.5 Å². The number of benzene rings is 1. The first-order valence-electron chi connectivity index (χ1n) is 4.60. The van der Waals surface area contributed by atoms with E-state index in [9.17, 15) is 8.78 Å². The second kappa shape index (κ2) is 3.20. The van der Waals surface area contributed by atoms with Gasteiger partial charge >= 0.3 is 0 Å². The maximum absolute atomic E-state index is 13.4. The standard InChI is InChI=1S/C11H11ClF2/c1-11(5-7(11)6-12)8-3-2-4-9(13)10(8)14/h2-4,7H,5-6H2,1H3. The third-order valence-electron chi connectivity index (χ3n) is 3.16. The van der Waals surface area contributed by atoms with Crippen molar-refractivity contribution in [1.29, 1.82) is 0 Å². The quantitative estimate of drug-likeness (QED) is 0.664. The Bertz CT molecular complexity index is 364. The lowest BCUT2D eigenvalue weighted by Crippen LogP contribution is -2.09. The Morgan fingerprint density at radius 2 is 2.21 bits per heavy atom. The van der Waals surface area contributed by atoms with Gasteiger partial charge in [-0.05, 0) is 29.4 Å². The van der Waals surface area contributed by atoms with E-state index >= 15 is 0 Å². The van der Waals surface area contributed by atoms with E-state index in [1.807, 2.05) is 6.92 Å². The lowest BCUT2D eigenvalue weighted by atomic mass is 9.95. The molecular weight excluding hydrogens is 206 g/mol. The molecule has 0 spiro atoms. The van der Waals surface area contributed by atoms with Crippen LogP contribution in [0.25, 0.3) is 0 Å². The van der Waals surface area contributed by atoms with E-state index < -0.39 is 11.6 Å². The summed E-state index contributed by atoms with van der Waals surface area (Å²) in [6.07, 6.45) is 0.844. The van der Waals surface area contributed by atoms with Gasteiger partial charge in [0.2, 0.25) is 0 Å². The summed E-state index contributed by atoms with van der Waals surface area (Å²) in [4.78, 5) is 0. The first-order chi connectivity index (χ1) is 6.59. The second-order valence-corrected chi connectivity index (χ2v) is 4.38. The maximum atomic E-state index is 13.4. The average Bonchev–Trinajstić information content (AvgIpc) is 2.83. The summed E-state index contributed by atoms with van der Waals surface area (Å²) in [6.45, 7) is 1.93. The molecule has 0 bridgehead atoms. The first kappa shape index (κ1) is 9.91. The van der Waals surface area contributed by atoms with Gasteiger partial charge < -0.3 is 0 Å². The minimum atomic E-state index is -0.774. The van der Waals surface area contributed by atoms with Crippen molar-refractivity contribution in [3.8, 4) is 0 Å². The summed E-state index contributed by atoms with van der Waals surface area (Å²) in [5, 5.41) is 0. The van der Waals surface area contributed by atoms with E-state index in [1.165, 1.54) is 0 Å². The molecule has 0 aromatic heterocycles. The van der Waals surface area contributed by atoms with Crippen LogP contribution in [-0.4, -0.2) is 5.88 Å². The van der Waals surface area contributed by atoms with Crippen molar-refractivity contribution in [3.63, 3.8) is 0 Å². The fraction of sp³-hybridized carbons (Fsp3) is 0.455. The summed E-state index contributed by atoms with van der Waals surface area (Å²) in [5.74, 6) is -0.709. The zero-order valence-corrected chi connectivity index (χ0v) is 8.61. The summed E-state index contributed by atoms with van der Waals surface area (Å²) >= 11 is 5.71. The Labute approximate surface area is 86.9 Å². The minimum Gasteiger partial charge on any atom is -0.204 e. The molecule has 2 rings (SSSR count). The van der Waals surface area contributed by atoms with Crippen molar-refractivity contribution in [1.82, 2.24) is 0 Å². The van der Waals surface area contributed by atoms with Gasteiger partial charge in [-0.25, -0.2) is 8.78 Å². The Kier molecular flexibility index (Phi) is 2.26. The number of rotatable bonds is 2. The summed E-state index contributed by atoms with van der Waals surface area (Å²) in [7, 11) is 0. The van der Waals surface area contributed by atoms with Crippen molar-refractivity contribution in [2.24, 2.45) is 5.92 Å². The SMILES string of the molecule is CC1(c2cccc(F)c2F)CC1CCl. The Morgan fingerprint density at radius 1 is 1.50 bits per heavy atom. The molecule has 2 unspecified atom stereocenters. The van der Waals surface area contributed by atoms with E-state index in [2.05, 4.69) is 0 Å². The zero-order valence-electron chi connectivity index (χ0n) is 7.86. The van der Waals surface area contributed by atoms with Gasteiger partial charge in [0.1, 0.15) is 0 Å². The normalized spacial score (nSPS) is 30.4. The highest BCUT2D eigenvalue weighted by molar-refractivity contribution is 6.18. The van der Waals surface area contributed by atoms with Crippen LogP contribution in [0.2, 0.25) is 0 Å². The molecule has 1 aromatic rings. The topological polar surface area (TPSA) is 0 Å². The molecule has 76 valence electrons. The third kappa shape index (κ3) is 1.33. The molecule has 0 saturated heterocycles. The molecule has 1 saturated carbocycles. The van der Waals surface area contributed by atoms with Crippen LogP contribution in [-0.2, 0) is 5.41 Å². The van der Waals surface area contributed by atoms with Crippen LogP contribution in [0.5, 0.6) is 0 Å². The van der Waals surface area contributed by atoms with Gasteiger partial charge in [-0.3, -0.25) is 0 Å². The summed E-state index contributed by atoms with van der Waals surface area (Å²) < 4.78 is 26.4. The van der Waals surface area contributed by atoms with Crippen molar-refractivity contribution in [2.45, 2.75) is 18.8 Å². The first-order valence-corrected chi connectivity index (χ1v) is 5.13. The highest BCUT2D eigenvalue weighted by atomic mass is 35.5. The van der Waals surface area contributed by atoms with Gasteiger partial charge in [-0.15, -0.1) is 11.6 Å². The number of hydrogen-bond donors (Lipinski definition) is 0. The molecule has 1 aliphatic rings. The molecule has 1 fully saturated rings. The average molecular weight is 217 g/mol. The van der Waals surface area contributed by atoms with Crippen molar-refractivity contribution in [2.75, 3.05) is 5.88 Å². The van der Waals surface area contributed by atoms with Crippen LogP contribution < -0.4 is 0 Å². The van der Waals surface area contributed by atoms with Crippen molar-refractivity contribution in [3.05, 3.63) is 35.4 Å². The predicted molar refractivity (Wildman–Crippen MR) is 52.5 cm³/mol. The molecular formula is C11H11ClF2. The Hall–Kier alpha value is -0.630. The third-order valence-corrected chi connectivity index (χ3v) is 3.54. The number of hydrogen-bond acceptors (Lipinski definition) is 0. The molecule has 0 N–H and O–H groups in total. The van der Waals surface area contributed by atoms with Crippen molar-refractivity contribution >= 4 is 11.6 Å². The van der Waals surface area contributed by atoms with E-state index in [0.29, 0.717) is 11.4 Å². The van der Waals surface area contributed by atoms with Gasteiger partial charge in [-0.2, -0.15) is 0 Å². The lowest BCUT2D eigenvalue weighted by Gasteiger charge is -2.12. The van der Waals surface area contributed by atoms with Crippen LogP contribution in [0, 0.1) is 17.6 Å². The molecule has 0 aliphatic heterocycles. The fourth-order valence-electron chi connectivity index (χ4n) is 1.95. The highest BCUT2D eigenvalue weighted by Gasteiger charge is 2.52. The van der Waals surface area contributed by atoms with Gasteiger partial charge in [0.15, 0.2) is 11.6 Å². The monoisotopic (exact) mass is 216 g/mol. The smallest absolute Gasteiger partial charge is 0.162 e. The maximum Gasteiger partial charge on any atom is 0.162 e. The largest absolute Gasteiger partial charge is 0.204 e. The van der Waals surface area contributed by atoms with Crippen molar-refractivity contribution < 1.29 is 8.78 Å². The highest BCUT2D eigenvalue weighted by Crippen LogP contribution is 2.55. The van der Waals surface area contributed by atoms with E-state index in [4.69, 9.17) is 11.6 Å². The molecule has 3 heteroatoms. The Balaban J connectivity index is 2.39. The fourth-order valence-corrected chi connectivity index (χ4v) is 2.40. The van der Waals surface area contributed by atoms with Crippen LogP contribution >= 0.6 is 11.6 Å². The van der Waals surface area contributed by atoms with Gasteiger partial charge in [0, 0.05) is 5.88 Å². The summed E-state index contributed by atoms with van der Waals surface area (Å²) in [5.41, 5.74) is 0.205. The van der Waals surface area contributed by atoms with Gasteiger partial charge in [-0.1, -0.05) is 19.1 Å². The molecule has 0 heterocycles. The van der Waals surface area contributed by atoms with E-state index in [1.54, 1.807) is 12.1 Å². The van der Waals surface area contributed by atoms with Gasteiger partial charge in [0.25, 0.3) is 0 Å².